The third kappa shape index (κ3) is 2.72. The molecular weight excluding hydrogens is 289 g/mol. The lowest BCUT2D eigenvalue weighted by atomic mass is 10.00. The van der Waals surface area contributed by atoms with Gasteiger partial charge in [0.25, 0.3) is 0 Å². The zero-order chi connectivity index (χ0) is 15.7. The molecule has 0 unspecified atom stereocenters. The Morgan fingerprint density at radius 1 is 1.05 bits per heavy atom. The molecule has 0 aromatic heterocycles. The third-order valence-corrected chi connectivity index (χ3v) is 2.63. The monoisotopic (exact) mass is 301 g/mol. The Balaban J connectivity index is 3.33. The zero-order valence-corrected chi connectivity index (χ0v) is 10.5. The first-order chi connectivity index (χ1) is 9.06. The predicted molar refractivity (Wildman–Crippen MR) is 59.1 cm³/mol. The number of phenolic OH excluding ortho intramolecular Hbond substituents is 1. The zero-order valence-electron chi connectivity index (χ0n) is 10.5. The second-order valence-electron chi connectivity index (χ2n) is 3.87. The first kappa shape index (κ1) is 16.3. The van der Waals surface area contributed by atoms with Crippen LogP contribution >= 0.6 is 0 Å². The number of phenols is 1. The van der Waals surface area contributed by atoms with Crippen molar-refractivity contribution < 1.29 is 36.5 Å². The number of ether oxygens (including phenoxy) is 2. The minimum atomic E-state index is -5.80. The maximum Gasteiger partial charge on any atom is 0.455 e. The summed E-state index contributed by atoms with van der Waals surface area (Å²) in [5.74, 6) is -6.32. The van der Waals surface area contributed by atoms with Crippen LogP contribution in [0.4, 0.5) is 22.0 Å². The largest absolute Gasteiger partial charge is 0.502 e. The van der Waals surface area contributed by atoms with Crippen LogP contribution in [0.2, 0.25) is 0 Å². The van der Waals surface area contributed by atoms with E-state index in [9.17, 15) is 27.1 Å². The van der Waals surface area contributed by atoms with E-state index in [0.29, 0.717) is 0 Å². The first-order valence-corrected chi connectivity index (χ1v) is 5.21. The van der Waals surface area contributed by atoms with Gasteiger partial charge in [0.2, 0.25) is 5.75 Å². The van der Waals surface area contributed by atoms with Crippen molar-refractivity contribution in [3.63, 3.8) is 0 Å². The summed E-state index contributed by atoms with van der Waals surface area (Å²) in [7, 11) is 2.21. The maximum atomic E-state index is 13.2. The highest BCUT2D eigenvalue weighted by atomic mass is 19.4. The van der Waals surface area contributed by atoms with Crippen molar-refractivity contribution in [1.29, 1.82) is 0 Å². The Labute approximate surface area is 110 Å². The van der Waals surface area contributed by atoms with Gasteiger partial charge in [0.05, 0.1) is 14.2 Å². The second-order valence-corrected chi connectivity index (χ2v) is 3.87. The maximum absolute atomic E-state index is 13.2. The molecule has 0 saturated heterocycles. The van der Waals surface area contributed by atoms with Gasteiger partial charge in [-0.25, -0.2) is 0 Å². The van der Waals surface area contributed by atoms with Gasteiger partial charge in [-0.3, -0.25) is 0 Å². The molecule has 0 fully saturated rings. The van der Waals surface area contributed by atoms with E-state index in [0.717, 1.165) is 26.4 Å². The van der Waals surface area contributed by atoms with Gasteiger partial charge in [-0.1, -0.05) is 0 Å². The summed E-state index contributed by atoms with van der Waals surface area (Å²) in [5, 5.41) is 9.56. The molecule has 20 heavy (non-hydrogen) atoms. The number of methoxy groups -OCH3 is 2. The fourth-order valence-electron chi connectivity index (χ4n) is 1.48. The molecule has 1 atom stereocenters. The number of hydrogen-bond acceptors (Lipinski definition) is 4. The summed E-state index contributed by atoms with van der Waals surface area (Å²) in [6.07, 6.45) is -5.80. The minimum Gasteiger partial charge on any atom is -0.502 e. The molecule has 0 heterocycles. The van der Waals surface area contributed by atoms with Gasteiger partial charge < -0.3 is 20.3 Å². The van der Waals surface area contributed by atoms with E-state index in [2.05, 4.69) is 9.47 Å². The lowest BCUT2D eigenvalue weighted by Crippen LogP contribution is -2.45. The molecule has 0 aliphatic rings. The molecule has 1 aromatic carbocycles. The van der Waals surface area contributed by atoms with Gasteiger partial charge >= 0.3 is 12.1 Å². The summed E-state index contributed by atoms with van der Waals surface area (Å²) in [4.78, 5) is 0. The highest BCUT2D eigenvalue weighted by molar-refractivity contribution is 5.53. The lowest BCUT2D eigenvalue weighted by molar-refractivity contribution is -0.291. The van der Waals surface area contributed by atoms with E-state index in [1.807, 2.05) is 0 Å². The Hall–Kier alpha value is -1.77. The molecule has 0 aliphatic carbocycles. The van der Waals surface area contributed by atoms with Gasteiger partial charge in [0, 0.05) is 0 Å². The molecule has 0 amide bonds. The van der Waals surface area contributed by atoms with Crippen LogP contribution in [0.3, 0.4) is 0 Å². The van der Waals surface area contributed by atoms with E-state index in [4.69, 9.17) is 5.73 Å². The minimum absolute atomic E-state index is 0.326. The van der Waals surface area contributed by atoms with Crippen LogP contribution in [0.15, 0.2) is 12.1 Å². The van der Waals surface area contributed by atoms with Crippen LogP contribution in [0, 0.1) is 0 Å². The topological polar surface area (TPSA) is 64.7 Å². The molecule has 0 spiro atoms. The number of hydrogen-bond donors (Lipinski definition) is 2. The Bertz CT molecular complexity index is 464. The van der Waals surface area contributed by atoms with E-state index in [-0.39, 0.29) is 11.5 Å². The highest BCUT2D eigenvalue weighted by Crippen LogP contribution is 2.46. The summed E-state index contributed by atoms with van der Waals surface area (Å²) >= 11 is 0. The number of rotatable bonds is 4. The first-order valence-electron chi connectivity index (χ1n) is 5.21. The molecule has 9 heteroatoms. The van der Waals surface area contributed by atoms with E-state index in [1.54, 1.807) is 0 Å². The van der Waals surface area contributed by atoms with E-state index < -0.39 is 29.5 Å². The summed E-state index contributed by atoms with van der Waals surface area (Å²) < 4.78 is 72.5. The molecule has 1 rings (SSSR count). The van der Waals surface area contributed by atoms with Crippen molar-refractivity contribution in [2.75, 3.05) is 14.2 Å². The van der Waals surface area contributed by atoms with Crippen LogP contribution in [0.1, 0.15) is 11.6 Å². The number of alkyl halides is 5. The van der Waals surface area contributed by atoms with Crippen molar-refractivity contribution in [3.05, 3.63) is 17.7 Å². The second kappa shape index (κ2) is 5.31. The molecule has 0 aliphatic heterocycles. The molecule has 0 saturated carbocycles. The molecule has 4 nitrogen and oxygen atoms in total. The normalized spacial score (nSPS) is 14.0. The predicted octanol–water partition coefficient (Wildman–Crippen LogP) is 2.61. The average Bonchev–Trinajstić information content (AvgIpc) is 2.36. The molecule has 0 radical (unpaired) electrons. The van der Waals surface area contributed by atoms with E-state index >= 15 is 0 Å². The molecule has 114 valence electrons. The fourth-order valence-corrected chi connectivity index (χ4v) is 1.48. The molecule has 3 N–H and O–H groups in total. The quantitative estimate of drug-likeness (QED) is 0.839. The van der Waals surface area contributed by atoms with Crippen molar-refractivity contribution in [2.45, 2.75) is 18.1 Å². The average molecular weight is 301 g/mol. The van der Waals surface area contributed by atoms with Gasteiger partial charge in [0.1, 0.15) is 6.04 Å². The van der Waals surface area contributed by atoms with Gasteiger partial charge in [-0.2, -0.15) is 22.0 Å². The van der Waals surface area contributed by atoms with Crippen LogP contribution < -0.4 is 15.2 Å². The van der Waals surface area contributed by atoms with Gasteiger partial charge in [-0.15, -0.1) is 0 Å². The molecule has 0 bridgehead atoms. The van der Waals surface area contributed by atoms with Crippen molar-refractivity contribution >= 4 is 0 Å². The highest BCUT2D eigenvalue weighted by Gasteiger charge is 2.61. The summed E-state index contributed by atoms with van der Waals surface area (Å²) in [6.45, 7) is 0. The van der Waals surface area contributed by atoms with E-state index in [1.165, 1.54) is 0 Å². The van der Waals surface area contributed by atoms with Gasteiger partial charge in [0.15, 0.2) is 11.5 Å². The number of halogens is 5. The number of benzene rings is 1. The smallest absolute Gasteiger partial charge is 0.455 e. The van der Waals surface area contributed by atoms with Gasteiger partial charge in [-0.05, 0) is 17.7 Å². The summed E-state index contributed by atoms with van der Waals surface area (Å²) in [6, 6.07) is -1.07. The van der Waals surface area contributed by atoms with Crippen molar-refractivity contribution in [1.82, 2.24) is 0 Å². The number of aromatic hydroxyl groups is 1. The molecule has 1 aromatic rings. The van der Waals surface area contributed by atoms with Crippen LogP contribution in [0.25, 0.3) is 0 Å². The SMILES string of the molecule is COc1cc([C@@H](N)C(F)(F)C(F)(F)F)cc(OC)c1O. The van der Waals surface area contributed by atoms with Crippen molar-refractivity contribution in [2.24, 2.45) is 5.73 Å². The van der Waals surface area contributed by atoms with Crippen LogP contribution in [0.5, 0.6) is 17.2 Å². The standard InChI is InChI=1S/C11H12F5NO3/c1-19-6-3-5(4-7(20-2)8(6)18)9(17)10(12,13)11(14,15)16/h3-4,9,18H,17H2,1-2H3/t9-/m1/s1. The Kier molecular flexibility index (Phi) is 4.33. The lowest BCUT2D eigenvalue weighted by Gasteiger charge is -2.26. The molecular formula is C11H12F5NO3. The Morgan fingerprint density at radius 2 is 1.45 bits per heavy atom. The van der Waals surface area contributed by atoms with Crippen LogP contribution in [-0.2, 0) is 0 Å². The third-order valence-electron chi connectivity index (χ3n) is 2.63. The fraction of sp³-hybridized carbons (Fsp3) is 0.455. The van der Waals surface area contributed by atoms with Crippen molar-refractivity contribution in [3.8, 4) is 17.2 Å². The number of nitrogens with two attached hydrogens (primary N) is 1. The summed E-state index contributed by atoms with van der Waals surface area (Å²) in [5.41, 5.74) is 4.41. The van der Waals surface area contributed by atoms with Crippen LogP contribution in [-0.4, -0.2) is 31.4 Å². The Morgan fingerprint density at radius 3 is 1.75 bits per heavy atom.